The molecule has 2 aromatic heterocycles. The molecule has 0 aliphatic rings. The van der Waals surface area contributed by atoms with Crippen LogP contribution in [-0.2, 0) is 0 Å². The summed E-state index contributed by atoms with van der Waals surface area (Å²) in [6.45, 7) is 0. The summed E-state index contributed by atoms with van der Waals surface area (Å²) >= 11 is 0. The summed E-state index contributed by atoms with van der Waals surface area (Å²) in [4.78, 5) is 11.4. The molecule has 5 nitrogen and oxygen atoms in total. The first-order chi connectivity index (χ1) is 7.79. The summed E-state index contributed by atoms with van der Waals surface area (Å²) in [7, 11) is 0. The quantitative estimate of drug-likeness (QED) is 0.823. The van der Waals surface area contributed by atoms with Gasteiger partial charge < -0.3 is 5.32 Å². The van der Waals surface area contributed by atoms with Crippen LogP contribution >= 0.6 is 0 Å². The molecule has 0 bridgehead atoms. The summed E-state index contributed by atoms with van der Waals surface area (Å²) < 4.78 is 12.6. The highest BCUT2D eigenvalue weighted by Crippen LogP contribution is 2.13. The van der Waals surface area contributed by atoms with Crippen molar-refractivity contribution in [2.45, 2.75) is 0 Å². The maximum atomic E-state index is 12.6. The molecule has 2 rings (SSSR count). The average molecular weight is 215 g/mol. The molecule has 0 saturated carbocycles. The minimum absolute atomic E-state index is 0.191. The van der Waals surface area contributed by atoms with E-state index in [4.69, 9.17) is 5.26 Å². The molecule has 0 atom stereocenters. The zero-order valence-corrected chi connectivity index (χ0v) is 8.05. The van der Waals surface area contributed by atoms with Gasteiger partial charge in [-0.05, 0) is 12.1 Å². The molecule has 1 N–H and O–H groups in total. The van der Waals surface area contributed by atoms with Gasteiger partial charge in [0.2, 0.25) is 5.95 Å². The van der Waals surface area contributed by atoms with Crippen LogP contribution in [0.25, 0.3) is 0 Å². The second-order valence-electron chi connectivity index (χ2n) is 2.86. The Bertz CT molecular complexity index is 532. The van der Waals surface area contributed by atoms with Gasteiger partial charge in [0.25, 0.3) is 0 Å². The standard InChI is InChI=1S/C10H6FN5/c11-8-5-14-10(15-6-8)16-9-7(4-12)2-1-3-13-9/h1-3,5-6H,(H,13,14,15,16). The predicted octanol–water partition coefficient (Wildman–Crippen LogP) is 1.63. The molecule has 0 aromatic carbocycles. The summed E-state index contributed by atoms with van der Waals surface area (Å²) in [5, 5.41) is 11.5. The van der Waals surface area contributed by atoms with Crippen molar-refractivity contribution in [2.24, 2.45) is 0 Å². The van der Waals surface area contributed by atoms with E-state index in [-0.39, 0.29) is 5.95 Å². The maximum Gasteiger partial charge on any atom is 0.228 e. The van der Waals surface area contributed by atoms with Crippen LogP contribution in [0.5, 0.6) is 0 Å². The zero-order chi connectivity index (χ0) is 11.4. The molecule has 6 heteroatoms. The van der Waals surface area contributed by atoms with Crippen molar-refractivity contribution < 1.29 is 4.39 Å². The fourth-order valence-electron chi connectivity index (χ4n) is 1.08. The number of hydrogen-bond donors (Lipinski definition) is 1. The molecule has 0 saturated heterocycles. The van der Waals surface area contributed by atoms with Gasteiger partial charge in [0.1, 0.15) is 6.07 Å². The molecule has 2 aromatic rings. The van der Waals surface area contributed by atoms with Crippen LogP contribution in [0.15, 0.2) is 30.7 Å². The Balaban J connectivity index is 2.27. The van der Waals surface area contributed by atoms with Crippen molar-refractivity contribution in [3.63, 3.8) is 0 Å². The van der Waals surface area contributed by atoms with E-state index in [0.717, 1.165) is 12.4 Å². The van der Waals surface area contributed by atoms with E-state index >= 15 is 0 Å². The van der Waals surface area contributed by atoms with Gasteiger partial charge in [0.05, 0.1) is 18.0 Å². The minimum Gasteiger partial charge on any atom is -0.308 e. The number of nitrogens with zero attached hydrogens (tertiary/aromatic N) is 4. The Hall–Kier alpha value is -2.55. The van der Waals surface area contributed by atoms with E-state index in [9.17, 15) is 4.39 Å². The van der Waals surface area contributed by atoms with Crippen molar-refractivity contribution >= 4 is 11.8 Å². The second-order valence-corrected chi connectivity index (χ2v) is 2.86. The molecule has 2 heterocycles. The normalized spacial score (nSPS) is 9.50. The molecule has 0 aliphatic heterocycles. The number of rotatable bonds is 2. The third-order valence-electron chi connectivity index (χ3n) is 1.78. The van der Waals surface area contributed by atoms with Gasteiger partial charge in [-0.15, -0.1) is 0 Å². The van der Waals surface area contributed by atoms with Gasteiger partial charge in [-0.2, -0.15) is 5.26 Å². The van der Waals surface area contributed by atoms with E-state index in [1.807, 2.05) is 6.07 Å². The van der Waals surface area contributed by atoms with Gasteiger partial charge in [-0.1, -0.05) is 0 Å². The molecule has 0 radical (unpaired) electrons. The number of aromatic nitrogens is 3. The summed E-state index contributed by atoms with van der Waals surface area (Å²) in [5.41, 5.74) is 0.371. The summed E-state index contributed by atoms with van der Waals surface area (Å²) in [6, 6.07) is 5.23. The van der Waals surface area contributed by atoms with Gasteiger partial charge in [-0.25, -0.2) is 19.3 Å². The van der Waals surface area contributed by atoms with Crippen LogP contribution in [0, 0.1) is 17.1 Å². The first-order valence-electron chi connectivity index (χ1n) is 4.39. The SMILES string of the molecule is N#Cc1cccnc1Nc1ncc(F)cn1. The lowest BCUT2D eigenvalue weighted by atomic mass is 10.3. The van der Waals surface area contributed by atoms with Gasteiger partial charge in [0, 0.05) is 6.20 Å². The zero-order valence-electron chi connectivity index (χ0n) is 8.05. The van der Waals surface area contributed by atoms with Gasteiger partial charge in [-0.3, -0.25) is 0 Å². The van der Waals surface area contributed by atoms with Crippen molar-refractivity contribution in [1.29, 1.82) is 5.26 Å². The number of nitrogens with one attached hydrogen (secondary N) is 1. The second kappa shape index (κ2) is 4.31. The van der Waals surface area contributed by atoms with Crippen LogP contribution < -0.4 is 5.32 Å². The topological polar surface area (TPSA) is 74.5 Å². The molecule has 0 fully saturated rings. The maximum absolute atomic E-state index is 12.6. The highest BCUT2D eigenvalue weighted by atomic mass is 19.1. The van der Waals surface area contributed by atoms with Gasteiger partial charge >= 0.3 is 0 Å². The van der Waals surface area contributed by atoms with Crippen LogP contribution in [0.4, 0.5) is 16.2 Å². The lowest BCUT2D eigenvalue weighted by Gasteiger charge is -2.03. The summed E-state index contributed by atoms with van der Waals surface area (Å²) in [5.74, 6) is 0.0142. The van der Waals surface area contributed by atoms with E-state index < -0.39 is 5.82 Å². The van der Waals surface area contributed by atoms with Crippen LogP contribution in [-0.4, -0.2) is 15.0 Å². The Kier molecular flexibility index (Phi) is 2.69. The van der Waals surface area contributed by atoms with Crippen LogP contribution in [0.2, 0.25) is 0 Å². The van der Waals surface area contributed by atoms with Crippen molar-refractivity contribution in [3.8, 4) is 6.07 Å². The fourth-order valence-corrected chi connectivity index (χ4v) is 1.08. The average Bonchev–Trinajstić information content (AvgIpc) is 2.33. The van der Waals surface area contributed by atoms with Gasteiger partial charge in [0.15, 0.2) is 11.6 Å². The minimum atomic E-state index is -0.521. The van der Waals surface area contributed by atoms with E-state index in [1.54, 1.807) is 12.1 Å². The molecule has 0 spiro atoms. The van der Waals surface area contributed by atoms with Crippen molar-refractivity contribution in [2.75, 3.05) is 5.32 Å². The molecule has 78 valence electrons. The highest BCUT2D eigenvalue weighted by molar-refractivity contribution is 5.57. The lowest BCUT2D eigenvalue weighted by molar-refractivity contribution is 0.614. The highest BCUT2D eigenvalue weighted by Gasteiger charge is 2.04. The number of anilines is 2. The number of halogens is 1. The van der Waals surface area contributed by atoms with Crippen molar-refractivity contribution in [3.05, 3.63) is 42.1 Å². The first-order valence-corrected chi connectivity index (χ1v) is 4.39. The predicted molar refractivity (Wildman–Crippen MR) is 54.2 cm³/mol. The molecular weight excluding hydrogens is 209 g/mol. The largest absolute Gasteiger partial charge is 0.308 e. The third-order valence-corrected chi connectivity index (χ3v) is 1.78. The smallest absolute Gasteiger partial charge is 0.228 e. The molecule has 0 unspecified atom stereocenters. The Morgan fingerprint density at radius 1 is 1.25 bits per heavy atom. The Labute approximate surface area is 90.6 Å². The number of pyridine rings is 1. The fraction of sp³-hybridized carbons (Fsp3) is 0. The first kappa shape index (κ1) is 9.98. The monoisotopic (exact) mass is 215 g/mol. The lowest BCUT2D eigenvalue weighted by Crippen LogP contribution is -2.00. The number of hydrogen-bond acceptors (Lipinski definition) is 5. The van der Waals surface area contributed by atoms with Crippen LogP contribution in [0.1, 0.15) is 5.56 Å². The third kappa shape index (κ3) is 2.09. The number of nitriles is 1. The molecule has 0 aliphatic carbocycles. The molecular formula is C10H6FN5. The molecule has 0 amide bonds. The van der Waals surface area contributed by atoms with E-state index in [1.165, 1.54) is 6.20 Å². The van der Waals surface area contributed by atoms with E-state index in [2.05, 4.69) is 20.3 Å². The van der Waals surface area contributed by atoms with E-state index in [0.29, 0.717) is 11.4 Å². The van der Waals surface area contributed by atoms with Crippen molar-refractivity contribution in [1.82, 2.24) is 15.0 Å². The molecule has 16 heavy (non-hydrogen) atoms. The Morgan fingerprint density at radius 2 is 2.00 bits per heavy atom. The summed E-state index contributed by atoms with van der Waals surface area (Å²) in [6.07, 6.45) is 3.60. The Morgan fingerprint density at radius 3 is 2.69 bits per heavy atom. The van der Waals surface area contributed by atoms with Crippen LogP contribution in [0.3, 0.4) is 0 Å².